The minimum Gasteiger partial charge on any atom is -0.621 e. The summed E-state index contributed by atoms with van der Waals surface area (Å²) in [5.74, 6) is 0.385. The van der Waals surface area contributed by atoms with Gasteiger partial charge in [-0.1, -0.05) is 18.2 Å². The van der Waals surface area contributed by atoms with Gasteiger partial charge in [-0.15, -0.1) is 0 Å². The van der Waals surface area contributed by atoms with E-state index in [0.717, 1.165) is 10.3 Å². The van der Waals surface area contributed by atoms with E-state index in [9.17, 15) is 5.21 Å². The molecule has 0 radical (unpaired) electrons. The van der Waals surface area contributed by atoms with Crippen molar-refractivity contribution in [2.75, 3.05) is 6.61 Å². The van der Waals surface area contributed by atoms with E-state index in [1.807, 2.05) is 58.0 Å². The fourth-order valence-electron chi connectivity index (χ4n) is 1.28. The van der Waals surface area contributed by atoms with Gasteiger partial charge in [0, 0.05) is 20.8 Å². The van der Waals surface area contributed by atoms with Crippen molar-refractivity contribution in [1.82, 2.24) is 0 Å². The van der Waals surface area contributed by atoms with Gasteiger partial charge in [-0.2, -0.15) is 4.74 Å². The number of rotatable bonds is 2. The zero-order valence-corrected chi connectivity index (χ0v) is 10.4. The highest BCUT2D eigenvalue weighted by molar-refractivity contribution is 5.90. The minimum absolute atomic E-state index is 0.385. The van der Waals surface area contributed by atoms with E-state index in [0.29, 0.717) is 12.5 Å². The molecule has 0 bridgehead atoms. The Morgan fingerprint density at radius 2 is 1.81 bits per heavy atom. The first kappa shape index (κ1) is 12.6. The third-order valence-corrected chi connectivity index (χ3v) is 2.10. The lowest BCUT2D eigenvalue weighted by molar-refractivity contribution is -0.542. The van der Waals surface area contributed by atoms with Crippen LogP contribution >= 0.6 is 0 Å². The van der Waals surface area contributed by atoms with Gasteiger partial charge >= 0.3 is 5.90 Å². The number of hydroxylamine groups is 1. The summed E-state index contributed by atoms with van der Waals surface area (Å²) in [7, 11) is 0. The molecule has 0 heterocycles. The molecule has 0 saturated carbocycles. The highest BCUT2D eigenvalue weighted by Gasteiger charge is 2.25. The number of hydrogen-bond donors (Lipinski definition) is 0. The van der Waals surface area contributed by atoms with Crippen LogP contribution in [0.2, 0.25) is 0 Å². The van der Waals surface area contributed by atoms with Crippen LogP contribution in [-0.4, -0.2) is 22.8 Å². The van der Waals surface area contributed by atoms with Gasteiger partial charge in [0.2, 0.25) is 0 Å². The van der Waals surface area contributed by atoms with Crippen molar-refractivity contribution >= 4 is 5.90 Å². The molecular weight excluding hydrogens is 202 g/mol. The van der Waals surface area contributed by atoms with Gasteiger partial charge in [0.25, 0.3) is 0 Å². The lowest BCUT2D eigenvalue weighted by atomic mass is 10.1. The van der Waals surface area contributed by atoms with Crippen molar-refractivity contribution in [3.05, 3.63) is 41.1 Å². The van der Waals surface area contributed by atoms with Crippen LogP contribution in [0.1, 0.15) is 33.3 Å². The van der Waals surface area contributed by atoms with Gasteiger partial charge in [0.05, 0.1) is 12.2 Å². The maximum atomic E-state index is 12.1. The average Bonchev–Trinajstić information content (AvgIpc) is 2.25. The van der Waals surface area contributed by atoms with E-state index < -0.39 is 5.54 Å². The summed E-state index contributed by atoms with van der Waals surface area (Å²) < 4.78 is 6.37. The van der Waals surface area contributed by atoms with Crippen molar-refractivity contribution < 1.29 is 9.48 Å². The quantitative estimate of drug-likeness (QED) is 0.253. The monoisotopic (exact) mass is 221 g/mol. The number of benzene rings is 1. The Bertz CT molecular complexity index is 363. The summed E-state index contributed by atoms with van der Waals surface area (Å²) in [6.07, 6.45) is 0. The first-order chi connectivity index (χ1) is 7.46. The molecule has 0 aliphatic heterocycles. The second-order valence-electron chi connectivity index (χ2n) is 4.57. The fourth-order valence-corrected chi connectivity index (χ4v) is 1.28. The standard InChI is InChI=1S/C13H19NO2/c1-5-16-12(14(15)13(2,3)4)11-9-7-6-8-10-11/h6-10H,5H2,1-4H3/b14-12+. The maximum Gasteiger partial charge on any atom is 0.381 e. The molecule has 3 nitrogen and oxygen atoms in total. The van der Waals surface area contributed by atoms with Crippen LogP contribution in [-0.2, 0) is 4.74 Å². The van der Waals surface area contributed by atoms with Crippen molar-refractivity contribution in [3.8, 4) is 0 Å². The molecule has 16 heavy (non-hydrogen) atoms. The second-order valence-corrected chi connectivity index (χ2v) is 4.57. The van der Waals surface area contributed by atoms with E-state index in [2.05, 4.69) is 0 Å². The number of ether oxygens (including phenoxy) is 1. The van der Waals surface area contributed by atoms with Crippen LogP contribution in [0.4, 0.5) is 0 Å². The topological polar surface area (TPSA) is 35.3 Å². The average molecular weight is 221 g/mol. The Labute approximate surface area is 97.0 Å². The molecule has 0 atom stereocenters. The molecule has 88 valence electrons. The highest BCUT2D eigenvalue weighted by atomic mass is 16.5. The molecule has 0 amide bonds. The highest BCUT2D eigenvalue weighted by Crippen LogP contribution is 2.11. The molecule has 0 aliphatic carbocycles. The molecule has 0 spiro atoms. The van der Waals surface area contributed by atoms with Crippen molar-refractivity contribution in [2.24, 2.45) is 0 Å². The van der Waals surface area contributed by atoms with Gasteiger partial charge in [-0.3, -0.25) is 0 Å². The first-order valence-electron chi connectivity index (χ1n) is 5.49. The van der Waals surface area contributed by atoms with Crippen molar-refractivity contribution in [2.45, 2.75) is 33.2 Å². The van der Waals surface area contributed by atoms with Crippen LogP contribution < -0.4 is 0 Å². The molecule has 0 N–H and O–H groups in total. The molecule has 1 aromatic rings. The molecule has 0 fully saturated rings. The molecule has 0 aliphatic rings. The van der Waals surface area contributed by atoms with Gasteiger partial charge in [0.15, 0.2) is 5.54 Å². The van der Waals surface area contributed by atoms with Crippen LogP contribution in [0, 0.1) is 5.21 Å². The number of nitrogens with zero attached hydrogens (tertiary/aromatic N) is 1. The van der Waals surface area contributed by atoms with E-state index in [4.69, 9.17) is 4.74 Å². The summed E-state index contributed by atoms with van der Waals surface area (Å²) in [5.41, 5.74) is 0.314. The predicted molar refractivity (Wildman–Crippen MR) is 65.6 cm³/mol. The van der Waals surface area contributed by atoms with Gasteiger partial charge < -0.3 is 9.94 Å². The predicted octanol–water partition coefficient (Wildman–Crippen LogP) is 2.78. The van der Waals surface area contributed by atoms with E-state index in [1.165, 1.54) is 0 Å². The summed E-state index contributed by atoms with van der Waals surface area (Å²) in [5, 5.41) is 12.1. The molecule has 1 rings (SSSR count). The normalized spacial score (nSPS) is 13.2. The summed E-state index contributed by atoms with van der Waals surface area (Å²) in [6, 6.07) is 9.46. The zero-order chi connectivity index (χ0) is 12.2. The molecule has 1 aromatic carbocycles. The fraction of sp³-hybridized carbons (Fsp3) is 0.462. The van der Waals surface area contributed by atoms with E-state index >= 15 is 0 Å². The molecule has 0 saturated heterocycles. The molecule has 0 aromatic heterocycles. The van der Waals surface area contributed by atoms with Crippen LogP contribution in [0.3, 0.4) is 0 Å². The zero-order valence-electron chi connectivity index (χ0n) is 10.4. The first-order valence-corrected chi connectivity index (χ1v) is 5.49. The van der Waals surface area contributed by atoms with Crippen molar-refractivity contribution in [3.63, 3.8) is 0 Å². The smallest absolute Gasteiger partial charge is 0.381 e. The Morgan fingerprint density at radius 1 is 1.25 bits per heavy atom. The Hall–Kier alpha value is -1.51. The van der Waals surface area contributed by atoms with E-state index in [1.54, 1.807) is 0 Å². The minimum atomic E-state index is -0.500. The maximum absolute atomic E-state index is 12.1. The van der Waals surface area contributed by atoms with Crippen LogP contribution in [0.25, 0.3) is 0 Å². The number of hydrogen-bond acceptors (Lipinski definition) is 2. The molecule has 3 heteroatoms. The Morgan fingerprint density at radius 3 is 2.25 bits per heavy atom. The lowest BCUT2D eigenvalue weighted by Gasteiger charge is -2.21. The Kier molecular flexibility index (Phi) is 3.93. The van der Waals surface area contributed by atoms with Crippen LogP contribution in [0.5, 0.6) is 0 Å². The third kappa shape index (κ3) is 2.99. The largest absolute Gasteiger partial charge is 0.621 e. The summed E-state index contributed by atoms with van der Waals surface area (Å²) in [6.45, 7) is 7.95. The van der Waals surface area contributed by atoms with E-state index in [-0.39, 0.29) is 0 Å². The molecular formula is C13H19NO2. The summed E-state index contributed by atoms with van der Waals surface area (Å²) in [4.78, 5) is 0. The van der Waals surface area contributed by atoms with Crippen LogP contribution in [0.15, 0.2) is 30.3 Å². The SMILES string of the molecule is CCO/C(c1ccccc1)=[N+](/[O-])C(C)(C)C. The Balaban J connectivity index is 3.19. The second kappa shape index (κ2) is 5.01. The van der Waals surface area contributed by atoms with Gasteiger partial charge in [0.1, 0.15) is 0 Å². The van der Waals surface area contributed by atoms with Gasteiger partial charge in [-0.05, 0) is 19.1 Å². The lowest BCUT2D eigenvalue weighted by Crippen LogP contribution is -2.35. The van der Waals surface area contributed by atoms with Crippen molar-refractivity contribution in [1.29, 1.82) is 0 Å². The summed E-state index contributed by atoms with van der Waals surface area (Å²) >= 11 is 0. The molecule has 0 unspecified atom stereocenters. The van der Waals surface area contributed by atoms with Gasteiger partial charge in [-0.25, -0.2) is 0 Å². The third-order valence-electron chi connectivity index (χ3n) is 2.10.